The molecule has 27 heavy (non-hydrogen) atoms. The molecular formula is C17H15F3N4O3. The third-order valence-corrected chi connectivity index (χ3v) is 5.19. The van der Waals surface area contributed by atoms with Crippen LogP contribution >= 0.6 is 0 Å². The van der Waals surface area contributed by atoms with E-state index in [9.17, 15) is 14.0 Å². The summed E-state index contributed by atoms with van der Waals surface area (Å²) in [5.74, 6) is -5.87. The number of primary amides is 1. The first kappa shape index (κ1) is 17.4. The maximum absolute atomic E-state index is 15.1. The van der Waals surface area contributed by atoms with Gasteiger partial charge < -0.3 is 15.7 Å². The Labute approximate surface area is 151 Å². The summed E-state index contributed by atoms with van der Waals surface area (Å²) >= 11 is 0. The normalized spacial score (nSPS) is 18.3. The molecule has 1 saturated heterocycles. The molecule has 1 fully saturated rings. The quantitative estimate of drug-likeness (QED) is 0.835. The van der Waals surface area contributed by atoms with Crippen LogP contribution < -0.4 is 5.73 Å². The number of halogens is 3. The zero-order valence-corrected chi connectivity index (χ0v) is 14.0. The summed E-state index contributed by atoms with van der Waals surface area (Å²) in [5, 5.41) is 13.0. The Hall–Kier alpha value is -3.04. The van der Waals surface area contributed by atoms with Gasteiger partial charge in [0.1, 0.15) is 11.5 Å². The molecule has 2 aliphatic rings. The standard InChI is InChI=1S/C17H15F3N4O3/c18-9-5-10(15(21)25)13-12(6-9)17(19,20)14-11(7-22-24(13)14)8-1-3-23(4-2-8)16(26)27/h5-8H,1-4H2,(H2,21,25)(H,26,27). The molecule has 7 nitrogen and oxygen atoms in total. The van der Waals surface area contributed by atoms with Crippen molar-refractivity contribution in [3.63, 3.8) is 0 Å². The van der Waals surface area contributed by atoms with E-state index in [1.165, 1.54) is 11.1 Å². The predicted molar refractivity (Wildman–Crippen MR) is 86.6 cm³/mol. The first-order valence-electron chi connectivity index (χ1n) is 8.30. The number of amides is 2. The average Bonchev–Trinajstić information content (AvgIpc) is 3.14. The lowest BCUT2D eigenvalue weighted by atomic mass is 9.88. The second-order valence-electron chi connectivity index (χ2n) is 6.69. The Balaban J connectivity index is 1.80. The fourth-order valence-corrected chi connectivity index (χ4v) is 3.91. The van der Waals surface area contributed by atoms with Crippen LogP contribution in [0, 0.1) is 5.82 Å². The number of carbonyl (C=O) groups excluding carboxylic acids is 1. The maximum Gasteiger partial charge on any atom is 0.407 e. The van der Waals surface area contributed by atoms with E-state index in [2.05, 4.69) is 5.10 Å². The maximum atomic E-state index is 15.1. The molecule has 2 aliphatic heterocycles. The van der Waals surface area contributed by atoms with Gasteiger partial charge in [0.15, 0.2) is 0 Å². The largest absolute Gasteiger partial charge is 0.465 e. The molecule has 3 heterocycles. The third kappa shape index (κ3) is 2.47. The van der Waals surface area contributed by atoms with E-state index < -0.39 is 35.0 Å². The Kier molecular flexibility index (Phi) is 3.69. The van der Waals surface area contributed by atoms with E-state index in [1.807, 2.05) is 0 Å². The number of nitrogens with zero attached hydrogens (tertiary/aromatic N) is 3. The molecule has 2 amide bonds. The number of alkyl halides is 2. The number of rotatable bonds is 2. The molecule has 0 atom stereocenters. The van der Waals surface area contributed by atoms with E-state index in [-0.39, 0.29) is 35.8 Å². The van der Waals surface area contributed by atoms with Crippen LogP contribution in [-0.4, -0.2) is 44.9 Å². The summed E-state index contributed by atoms with van der Waals surface area (Å²) in [5.41, 5.74) is 3.88. The number of fused-ring (bicyclic) bond motifs is 3. The monoisotopic (exact) mass is 380 g/mol. The summed E-state index contributed by atoms with van der Waals surface area (Å²) in [6.07, 6.45) is 0.998. The summed E-state index contributed by atoms with van der Waals surface area (Å²) in [6, 6.07) is 1.51. The van der Waals surface area contributed by atoms with Crippen LogP contribution in [0.4, 0.5) is 18.0 Å². The number of hydrogen-bond donors (Lipinski definition) is 2. The lowest BCUT2D eigenvalue weighted by Crippen LogP contribution is -2.37. The van der Waals surface area contributed by atoms with Crippen molar-refractivity contribution in [3.8, 4) is 5.69 Å². The number of aromatic nitrogens is 2. The Morgan fingerprint density at radius 2 is 1.93 bits per heavy atom. The summed E-state index contributed by atoms with van der Waals surface area (Å²) < 4.78 is 45.0. The highest BCUT2D eigenvalue weighted by molar-refractivity contribution is 5.97. The minimum atomic E-state index is -3.54. The lowest BCUT2D eigenvalue weighted by Gasteiger charge is -2.30. The highest BCUT2D eigenvalue weighted by Gasteiger charge is 2.50. The number of piperidine rings is 1. The van der Waals surface area contributed by atoms with Crippen LogP contribution in [0.1, 0.15) is 45.9 Å². The van der Waals surface area contributed by atoms with Gasteiger partial charge in [0.2, 0.25) is 0 Å². The molecule has 1 aromatic heterocycles. The first-order valence-corrected chi connectivity index (χ1v) is 8.30. The van der Waals surface area contributed by atoms with Crippen molar-refractivity contribution in [2.45, 2.75) is 24.7 Å². The average molecular weight is 380 g/mol. The van der Waals surface area contributed by atoms with Gasteiger partial charge in [0.05, 0.1) is 23.0 Å². The van der Waals surface area contributed by atoms with E-state index in [1.54, 1.807) is 0 Å². The molecule has 2 aromatic rings. The van der Waals surface area contributed by atoms with Crippen LogP contribution in [0.2, 0.25) is 0 Å². The van der Waals surface area contributed by atoms with Gasteiger partial charge in [-0.15, -0.1) is 0 Å². The SMILES string of the molecule is NC(=O)c1cc(F)cc2c1-n1ncc(C3CCN(C(=O)O)CC3)c1C2(F)F. The highest BCUT2D eigenvalue weighted by Crippen LogP contribution is 2.50. The Morgan fingerprint density at radius 1 is 1.26 bits per heavy atom. The molecule has 4 rings (SSSR count). The summed E-state index contributed by atoms with van der Waals surface area (Å²) in [6.45, 7) is 0.453. The summed E-state index contributed by atoms with van der Waals surface area (Å²) in [4.78, 5) is 23.9. The summed E-state index contributed by atoms with van der Waals surface area (Å²) in [7, 11) is 0. The van der Waals surface area contributed by atoms with E-state index in [0.717, 1.165) is 10.7 Å². The van der Waals surface area contributed by atoms with Crippen molar-refractivity contribution in [2.75, 3.05) is 13.1 Å². The third-order valence-electron chi connectivity index (χ3n) is 5.19. The van der Waals surface area contributed by atoms with Crippen molar-refractivity contribution in [1.29, 1.82) is 0 Å². The number of carbonyl (C=O) groups is 2. The topological polar surface area (TPSA) is 101 Å². The Bertz CT molecular complexity index is 965. The van der Waals surface area contributed by atoms with Crippen molar-refractivity contribution in [3.05, 3.63) is 46.5 Å². The second kappa shape index (κ2) is 5.73. The molecule has 0 saturated carbocycles. The zero-order chi connectivity index (χ0) is 19.5. The fourth-order valence-electron chi connectivity index (χ4n) is 3.91. The molecular weight excluding hydrogens is 365 g/mol. The van der Waals surface area contributed by atoms with Gasteiger partial charge in [-0.3, -0.25) is 4.79 Å². The van der Waals surface area contributed by atoms with Crippen molar-refractivity contribution in [1.82, 2.24) is 14.7 Å². The van der Waals surface area contributed by atoms with Crippen molar-refractivity contribution in [2.24, 2.45) is 5.73 Å². The van der Waals surface area contributed by atoms with Gasteiger partial charge in [-0.2, -0.15) is 13.9 Å². The number of benzene rings is 1. The molecule has 1 aromatic carbocycles. The minimum absolute atomic E-state index is 0.210. The lowest BCUT2D eigenvalue weighted by molar-refractivity contribution is 0.0418. The van der Waals surface area contributed by atoms with Gasteiger partial charge in [-0.25, -0.2) is 13.9 Å². The van der Waals surface area contributed by atoms with Crippen LogP contribution in [-0.2, 0) is 5.92 Å². The minimum Gasteiger partial charge on any atom is -0.465 e. The van der Waals surface area contributed by atoms with E-state index in [0.29, 0.717) is 18.9 Å². The van der Waals surface area contributed by atoms with Gasteiger partial charge in [-0.1, -0.05) is 0 Å². The Morgan fingerprint density at radius 3 is 2.52 bits per heavy atom. The van der Waals surface area contributed by atoms with Crippen LogP contribution in [0.3, 0.4) is 0 Å². The molecule has 10 heteroatoms. The van der Waals surface area contributed by atoms with Gasteiger partial charge in [0, 0.05) is 18.7 Å². The van der Waals surface area contributed by atoms with E-state index in [4.69, 9.17) is 10.8 Å². The van der Waals surface area contributed by atoms with Gasteiger partial charge >= 0.3 is 12.0 Å². The van der Waals surface area contributed by atoms with Crippen LogP contribution in [0.15, 0.2) is 18.3 Å². The molecule has 0 aliphatic carbocycles. The predicted octanol–water partition coefficient (Wildman–Crippen LogP) is 2.42. The smallest absolute Gasteiger partial charge is 0.407 e. The molecule has 0 radical (unpaired) electrons. The van der Waals surface area contributed by atoms with Gasteiger partial charge in [0.25, 0.3) is 5.91 Å². The molecule has 0 spiro atoms. The first-order chi connectivity index (χ1) is 12.7. The van der Waals surface area contributed by atoms with Crippen molar-refractivity contribution >= 4 is 12.0 Å². The molecule has 0 bridgehead atoms. The fraction of sp³-hybridized carbons (Fsp3) is 0.353. The van der Waals surface area contributed by atoms with Crippen molar-refractivity contribution < 1.29 is 27.9 Å². The van der Waals surface area contributed by atoms with Gasteiger partial charge in [-0.05, 0) is 30.9 Å². The zero-order valence-electron chi connectivity index (χ0n) is 14.0. The second-order valence-corrected chi connectivity index (χ2v) is 6.69. The number of nitrogens with two attached hydrogens (primary N) is 1. The molecule has 0 unspecified atom stereocenters. The highest BCUT2D eigenvalue weighted by atomic mass is 19.3. The molecule has 3 N–H and O–H groups in total. The number of carboxylic acid groups (broad SMARTS) is 1. The molecule has 142 valence electrons. The van der Waals surface area contributed by atoms with Crippen LogP contribution in [0.25, 0.3) is 5.69 Å². The van der Waals surface area contributed by atoms with E-state index >= 15 is 8.78 Å². The number of likely N-dealkylation sites (tertiary alicyclic amines) is 1. The van der Waals surface area contributed by atoms with Crippen LogP contribution in [0.5, 0.6) is 0 Å². The number of hydrogen-bond acceptors (Lipinski definition) is 3.